The third-order valence-electron chi connectivity index (χ3n) is 13.7. The number of aromatic amines is 1. The molecular formula is C49H57ClN8O7S. The number of nitrogens with one attached hydrogen (secondary N) is 3. The van der Waals surface area contributed by atoms with E-state index in [0.717, 1.165) is 126 Å². The number of rotatable bonds is 13. The lowest BCUT2D eigenvalue weighted by Crippen LogP contribution is -2.47. The van der Waals surface area contributed by atoms with E-state index in [4.69, 9.17) is 21.1 Å². The Hall–Kier alpha value is -5.52. The quantitative estimate of drug-likeness (QED) is 0.0757. The van der Waals surface area contributed by atoms with E-state index in [1.54, 1.807) is 36.5 Å². The number of nitrogens with zero attached hydrogens (tertiary/aromatic N) is 5. The van der Waals surface area contributed by atoms with E-state index in [9.17, 15) is 23.3 Å². The molecule has 1 aromatic heterocycles. The topological polar surface area (TPSA) is 175 Å². The van der Waals surface area contributed by atoms with Crippen molar-refractivity contribution in [1.29, 1.82) is 0 Å². The van der Waals surface area contributed by atoms with E-state index in [-0.39, 0.29) is 34.1 Å². The first kappa shape index (κ1) is 45.6. The number of morpholine rings is 1. The van der Waals surface area contributed by atoms with Crippen molar-refractivity contribution >= 4 is 61.1 Å². The standard InChI is InChI=1S/C49H57ClN8O7S/c1-49(2)19-18-34(41(30-49)33-6-8-35(50)9-7-33)32-55-20-22-56(23-21-55)38-14-16-40(47(28-38)65-46-5-3-4-43-42(46)31-51-53-43)48(59)54-66(62,63)39-15-17-44(45(29-39)58(60)61)52-36-10-12-37(13-11-36)57-24-26-64-27-25-57/h3-9,14-17,28-29,31,36-37,52H,10-13,18-27,30,32H2,1-2H3,(H,51,53)(H,54,59)/t36-,37-. The minimum absolute atomic E-state index is 0.00214. The van der Waals surface area contributed by atoms with Crippen LogP contribution in [0.5, 0.6) is 11.5 Å². The summed E-state index contributed by atoms with van der Waals surface area (Å²) in [5, 5.41) is 24.1. The van der Waals surface area contributed by atoms with E-state index >= 15 is 0 Å². The van der Waals surface area contributed by atoms with Gasteiger partial charge in [0, 0.05) is 80.7 Å². The van der Waals surface area contributed by atoms with Crippen LogP contribution >= 0.6 is 11.6 Å². The van der Waals surface area contributed by atoms with Crippen molar-refractivity contribution in [2.45, 2.75) is 75.8 Å². The van der Waals surface area contributed by atoms with Gasteiger partial charge in [-0.3, -0.25) is 29.8 Å². The lowest BCUT2D eigenvalue weighted by molar-refractivity contribution is -0.384. The van der Waals surface area contributed by atoms with Crippen molar-refractivity contribution in [2.75, 3.05) is 69.2 Å². The molecule has 0 spiro atoms. The van der Waals surface area contributed by atoms with Crippen molar-refractivity contribution < 1.29 is 27.6 Å². The Balaban J connectivity index is 0.910. The van der Waals surface area contributed by atoms with Gasteiger partial charge < -0.3 is 19.7 Å². The maximum atomic E-state index is 14.1. The zero-order valence-corrected chi connectivity index (χ0v) is 39.0. The number of nitro benzene ring substituents is 1. The number of hydrogen-bond acceptors (Lipinski definition) is 12. The maximum absolute atomic E-state index is 14.1. The summed E-state index contributed by atoms with van der Waals surface area (Å²) in [4.78, 5) is 32.6. The maximum Gasteiger partial charge on any atom is 0.293 e. The molecule has 0 unspecified atom stereocenters. The second-order valence-electron chi connectivity index (χ2n) is 18.7. The first-order valence-electron chi connectivity index (χ1n) is 22.9. The predicted molar refractivity (Wildman–Crippen MR) is 257 cm³/mol. The number of carbonyl (C=O) groups is 1. The Kier molecular flexibility index (Phi) is 13.4. The number of allylic oxidation sites excluding steroid dienone is 1. The number of H-pyrrole nitrogens is 1. The van der Waals surface area contributed by atoms with Gasteiger partial charge in [-0.25, -0.2) is 13.1 Å². The third kappa shape index (κ3) is 10.4. The second-order valence-corrected chi connectivity index (χ2v) is 20.9. The Morgan fingerprint density at radius 1 is 0.955 bits per heavy atom. The molecule has 4 aliphatic rings. The molecule has 3 fully saturated rings. The predicted octanol–water partition coefficient (Wildman–Crippen LogP) is 8.88. The molecule has 15 nitrogen and oxygen atoms in total. The molecule has 0 bridgehead atoms. The highest BCUT2D eigenvalue weighted by Gasteiger charge is 2.32. The molecule has 3 heterocycles. The minimum Gasteiger partial charge on any atom is -0.456 e. The van der Waals surface area contributed by atoms with Crippen molar-refractivity contribution in [3.05, 3.63) is 117 Å². The first-order chi connectivity index (χ1) is 31.8. The minimum atomic E-state index is -4.57. The van der Waals surface area contributed by atoms with Crippen LogP contribution < -0.4 is 19.7 Å². The number of nitro groups is 1. The average molecular weight is 938 g/mol. The van der Waals surface area contributed by atoms with Gasteiger partial charge in [-0.15, -0.1) is 0 Å². The molecule has 2 saturated heterocycles. The van der Waals surface area contributed by atoms with Gasteiger partial charge in [-0.1, -0.05) is 49.2 Å². The van der Waals surface area contributed by atoms with E-state index in [1.807, 2.05) is 18.2 Å². The van der Waals surface area contributed by atoms with Crippen molar-refractivity contribution in [2.24, 2.45) is 5.41 Å². The van der Waals surface area contributed by atoms with E-state index in [2.05, 4.69) is 60.9 Å². The number of benzene rings is 4. The Morgan fingerprint density at radius 3 is 2.45 bits per heavy atom. The van der Waals surface area contributed by atoms with Crippen LogP contribution in [-0.2, 0) is 14.8 Å². The number of piperazine rings is 1. The number of fused-ring (bicyclic) bond motifs is 1. The number of sulfonamides is 1. The summed E-state index contributed by atoms with van der Waals surface area (Å²) in [6.45, 7) is 11.9. The summed E-state index contributed by atoms with van der Waals surface area (Å²) < 4.78 is 41.8. The Bertz CT molecular complexity index is 2720. The zero-order chi connectivity index (χ0) is 46.0. The molecule has 1 amide bonds. The molecule has 0 atom stereocenters. The van der Waals surface area contributed by atoms with Gasteiger partial charge in [-0.05, 0) is 110 Å². The molecule has 5 aromatic rings. The van der Waals surface area contributed by atoms with Crippen LogP contribution in [0.3, 0.4) is 0 Å². The number of aromatic nitrogens is 2. The number of ether oxygens (including phenoxy) is 2. The third-order valence-corrected chi connectivity index (χ3v) is 15.3. The molecule has 1 saturated carbocycles. The lowest BCUT2D eigenvalue weighted by Gasteiger charge is -2.39. The monoisotopic (exact) mass is 936 g/mol. The molecule has 3 N–H and O–H groups in total. The molecule has 2 aliphatic heterocycles. The summed E-state index contributed by atoms with van der Waals surface area (Å²) in [5.41, 5.74) is 5.71. The van der Waals surface area contributed by atoms with Gasteiger partial charge in [0.1, 0.15) is 17.2 Å². The van der Waals surface area contributed by atoms with Gasteiger partial charge >= 0.3 is 0 Å². The van der Waals surface area contributed by atoms with Gasteiger partial charge in [-0.2, -0.15) is 5.10 Å². The molecule has 0 radical (unpaired) electrons. The van der Waals surface area contributed by atoms with E-state index < -0.39 is 25.7 Å². The second kappa shape index (κ2) is 19.4. The highest BCUT2D eigenvalue weighted by atomic mass is 35.5. The summed E-state index contributed by atoms with van der Waals surface area (Å²) >= 11 is 6.25. The molecule has 2 aliphatic carbocycles. The average Bonchev–Trinajstić information content (AvgIpc) is 3.81. The smallest absolute Gasteiger partial charge is 0.293 e. The fraction of sp³-hybridized carbons (Fsp3) is 0.429. The van der Waals surface area contributed by atoms with Crippen LogP contribution in [0.4, 0.5) is 17.1 Å². The number of halogens is 1. The summed E-state index contributed by atoms with van der Waals surface area (Å²) in [6, 6.07) is 22.9. The van der Waals surface area contributed by atoms with Crippen LogP contribution in [0.2, 0.25) is 5.02 Å². The van der Waals surface area contributed by atoms with Crippen molar-refractivity contribution in [3.8, 4) is 11.5 Å². The van der Waals surface area contributed by atoms with Crippen LogP contribution in [0.25, 0.3) is 16.5 Å². The van der Waals surface area contributed by atoms with Crippen molar-refractivity contribution in [1.82, 2.24) is 24.7 Å². The lowest BCUT2D eigenvalue weighted by atomic mass is 9.72. The molecular weight excluding hydrogens is 880 g/mol. The summed E-state index contributed by atoms with van der Waals surface area (Å²) in [6.07, 6.45) is 8.38. The van der Waals surface area contributed by atoms with Gasteiger partial charge in [0.25, 0.3) is 21.6 Å². The largest absolute Gasteiger partial charge is 0.456 e. The Morgan fingerprint density at radius 2 is 1.71 bits per heavy atom. The van der Waals surface area contributed by atoms with Gasteiger partial charge in [0.15, 0.2) is 0 Å². The molecule has 9 rings (SSSR count). The molecule has 348 valence electrons. The number of amides is 1. The van der Waals surface area contributed by atoms with Crippen LogP contribution in [0.15, 0.2) is 95.5 Å². The van der Waals surface area contributed by atoms with Crippen LogP contribution in [0.1, 0.15) is 74.7 Å². The normalized spacial score (nSPS) is 20.9. The zero-order valence-electron chi connectivity index (χ0n) is 37.4. The number of hydrogen-bond donors (Lipinski definition) is 3. The van der Waals surface area contributed by atoms with Crippen LogP contribution in [0, 0.1) is 15.5 Å². The highest BCUT2D eigenvalue weighted by molar-refractivity contribution is 7.90. The SMILES string of the molecule is CC1(C)CCC(CN2CCN(c3ccc(C(=O)NS(=O)(=O)c4ccc(N[C@H]5CC[C@H](N6CCOCC6)CC5)c([N+](=O)[O-])c4)c(Oc4cccc5[nH]ncc45)c3)CC2)=C(c2ccc(Cl)cc2)C1. The molecule has 17 heteroatoms. The first-order valence-corrected chi connectivity index (χ1v) is 24.8. The van der Waals surface area contributed by atoms with Gasteiger partial charge in [0.05, 0.1) is 45.7 Å². The van der Waals surface area contributed by atoms with E-state index in [0.29, 0.717) is 17.2 Å². The Labute approximate surface area is 390 Å². The van der Waals surface area contributed by atoms with E-state index in [1.165, 1.54) is 28.8 Å². The fourth-order valence-electron chi connectivity index (χ4n) is 9.96. The number of carbonyl (C=O) groups excluding carboxylic acids is 1. The summed E-state index contributed by atoms with van der Waals surface area (Å²) in [7, 11) is -4.57. The molecule has 66 heavy (non-hydrogen) atoms. The number of anilines is 2. The van der Waals surface area contributed by atoms with Crippen molar-refractivity contribution in [3.63, 3.8) is 0 Å². The molecule has 4 aromatic carbocycles. The van der Waals surface area contributed by atoms with Crippen LogP contribution in [-0.4, -0.2) is 110 Å². The highest BCUT2D eigenvalue weighted by Crippen LogP contribution is 2.44. The fourth-order valence-corrected chi connectivity index (χ4v) is 11.1. The summed E-state index contributed by atoms with van der Waals surface area (Å²) in [5.74, 6) is -0.371. The van der Waals surface area contributed by atoms with Gasteiger partial charge in [0.2, 0.25) is 0 Å².